The second kappa shape index (κ2) is 4.63. The monoisotopic (exact) mass is 294 g/mol. The van der Waals surface area contributed by atoms with E-state index in [1.54, 1.807) is 17.5 Å². The fourth-order valence-electron chi connectivity index (χ4n) is 2.32. The first kappa shape index (κ1) is 12.7. The van der Waals surface area contributed by atoms with Crippen LogP contribution in [0, 0.1) is 0 Å². The summed E-state index contributed by atoms with van der Waals surface area (Å²) in [5, 5.41) is 1.78. The highest BCUT2D eigenvalue weighted by molar-refractivity contribution is 7.91. The van der Waals surface area contributed by atoms with Gasteiger partial charge in [-0.25, -0.2) is 8.42 Å². The summed E-state index contributed by atoms with van der Waals surface area (Å²) in [6.45, 7) is 0.874. The van der Waals surface area contributed by atoms with Gasteiger partial charge in [0.2, 0.25) is 0 Å². The summed E-state index contributed by atoms with van der Waals surface area (Å²) in [6, 6.07) is 9.14. The molecule has 0 radical (unpaired) electrons. The minimum Gasteiger partial charge on any atom is -0.398 e. The zero-order chi connectivity index (χ0) is 13.5. The van der Waals surface area contributed by atoms with Crippen LogP contribution in [0.4, 0.5) is 5.69 Å². The Morgan fingerprint density at radius 2 is 2.05 bits per heavy atom. The molecule has 0 saturated carbocycles. The van der Waals surface area contributed by atoms with Crippen molar-refractivity contribution in [3.05, 3.63) is 46.8 Å². The van der Waals surface area contributed by atoms with Gasteiger partial charge in [-0.2, -0.15) is 4.31 Å². The molecule has 6 heteroatoms. The maximum absolute atomic E-state index is 12.5. The van der Waals surface area contributed by atoms with Gasteiger partial charge in [-0.3, -0.25) is 0 Å². The molecule has 2 N–H and O–H groups in total. The topological polar surface area (TPSA) is 63.4 Å². The van der Waals surface area contributed by atoms with Gasteiger partial charge in [0.05, 0.1) is 0 Å². The van der Waals surface area contributed by atoms with Crippen molar-refractivity contribution in [1.29, 1.82) is 0 Å². The molecule has 3 rings (SSSR count). The van der Waals surface area contributed by atoms with Gasteiger partial charge in [0.1, 0.15) is 4.21 Å². The molecule has 1 aliphatic heterocycles. The zero-order valence-electron chi connectivity index (χ0n) is 10.2. The minimum atomic E-state index is -3.38. The van der Waals surface area contributed by atoms with Crippen LogP contribution in [0.2, 0.25) is 0 Å². The van der Waals surface area contributed by atoms with E-state index in [-0.39, 0.29) is 0 Å². The molecule has 0 unspecified atom stereocenters. The van der Waals surface area contributed by atoms with E-state index >= 15 is 0 Å². The molecule has 19 heavy (non-hydrogen) atoms. The standard InChI is InChI=1S/C13H14N2O2S2/c14-12-4-1-3-10-6-7-15(9-11(10)12)19(16,17)13-5-2-8-18-13/h1-5,8H,6-7,9,14H2. The van der Waals surface area contributed by atoms with Crippen LogP contribution in [0.1, 0.15) is 11.1 Å². The van der Waals surface area contributed by atoms with Crippen LogP contribution < -0.4 is 5.73 Å². The van der Waals surface area contributed by atoms with E-state index in [1.165, 1.54) is 15.6 Å². The Kier molecular flexibility index (Phi) is 3.08. The molecular weight excluding hydrogens is 280 g/mol. The van der Waals surface area contributed by atoms with Crippen molar-refractivity contribution < 1.29 is 8.42 Å². The quantitative estimate of drug-likeness (QED) is 0.863. The van der Waals surface area contributed by atoms with Gasteiger partial charge in [0.15, 0.2) is 0 Å². The number of nitrogens with zero attached hydrogens (tertiary/aromatic N) is 1. The molecule has 0 saturated heterocycles. The Balaban J connectivity index is 1.97. The Bertz CT molecular complexity index is 693. The lowest BCUT2D eigenvalue weighted by Crippen LogP contribution is -2.36. The molecule has 0 fully saturated rings. The van der Waals surface area contributed by atoms with E-state index in [0.717, 1.165) is 11.1 Å². The molecule has 1 aromatic heterocycles. The second-order valence-corrected chi connectivity index (χ2v) is 7.62. The predicted octanol–water partition coefficient (Wildman–Crippen LogP) is 2.08. The zero-order valence-corrected chi connectivity index (χ0v) is 11.9. The average Bonchev–Trinajstić information content (AvgIpc) is 2.93. The van der Waals surface area contributed by atoms with E-state index in [9.17, 15) is 8.42 Å². The van der Waals surface area contributed by atoms with E-state index in [2.05, 4.69) is 0 Å². The van der Waals surface area contributed by atoms with Crippen molar-refractivity contribution >= 4 is 27.0 Å². The molecule has 1 aromatic carbocycles. The third kappa shape index (κ3) is 2.16. The smallest absolute Gasteiger partial charge is 0.252 e. The van der Waals surface area contributed by atoms with Gasteiger partial charge < -0.3 is 5.73 Å². The third-order valence-corrected chi connectivity index (χ3v) is 6.58. The Morgan fingerprint density at radius 1 is 1.21 bits per heavy atom. The Morgan fingerprint density at radius 3 is 2.79 bits per heavy atom. The SMILES string of the molecule is Nc1cccc2c1CN(S(=O)(=O)c1cccs1)CC2. The van der Waals surface area contributed by atoms with Crippen molar-refractivity contribution in [2.24, 2.45) is 0 Å². The first-order valence-electron chi connectivity index (χ1n) is 5.99. The summed E-state index contributed by atoms with van der Waals surface area (Å²) in [4.78, 5) is 0. The van der Waals surface area contributed by atoms with E-state index < -0.39 is 10.0 Å². The molecule has 0 amide bonds. The molecular formula is C13H14N2O2S2. The number of thiophene rings is 1. The summed E-state index contributed by atoms with van der Waals surface area (Å²) in [7, 11) is -3.38. The van der Waals surface area contributed by atoms with Crippen LogP contribution in [0.25, 0.3) is 0 Å². The highest BCUT2D eigenvalue weighted by atomic mass is 32.2. The molecule has 100 valence electrons. The average molecular weight is 294 g/mol. The lowest BCUT2D eigenvalue weighted by atomic mass is 10.00. The summed E-state index contributed by atoms with van der Waals surface area (Å²) in [5.41, 5.74) is 8.71. The highest BCUT2D eigenvalue weighted by Crippen LogP contribution is 2.29. The molecule has 4 nitrogen and oxygen atoms in total. The fraction of sp³-hybridized carbons (Fsp3) is 0.231. The van der Waals surface area contributed by atoms with E-state index in [4.69, 9.17) is 5.73 Å². The number of nitrogen functional groups attached to an aromatic ring is 1. The van der Waals surface area contributed by atoms with Crippen molar-refractivity contribution in [3.8, 4) is 0 Å². The summed E-state index contributed by atoms with van der Waals surface area (Å²) < 4.78 is 26.8. The molecule has 1 aliphatic rings. The number of hydrogen-bond donors (Lipinski definition) is 1. The molecule has 0 bridgehead atoms. The third-order valence-electron chi connectivity index (χ3n) is 3.36. The predicted molar refractivity (Wildman–Crippen MR) is 76.5 cm³/mol. The van der Waals surface area contributed by atoms with Gasteiger partial charge >= 0.3 is 0 Å². The maximum Gasteiger partial charge on any atom is 0.252 e. The lowest BCUT2D eigenvalue weighted by Gasteiger charge is -2.28. The van der Waals surface area contributed by atoms with E-state index in [0.29, 0.717) is 29.4 Å². The molecule has 0 aliphatic carbocycles. The van der Waals surface area contributed by atoms with Gasteiger partial charge in [-0.15, -0.1) is 11.3 Å². The van der Waals surface area contributed by atoms with Gasteiger partial charge in [0, 0.05) is 18.8 Å². The number of rotatable bonds is 2. The Hall–Kier alpha value is -1.37. The van der Waals surface area contributed by atoms with Crippen LogP contribution in [0.15, 0.2) is 39.9 Å². The van der Waals surface area contributed by atoms with E-state index in [1.807, 2.05) is 18.2 Å². The lowest BCUT2D eigenvalue weighted by molar-refractivity contribution is 0.393. The fourth-order valence-corrected chi connectivity index (χ4v) is 4.88. The maximum atomic E-state index is 12.5. The van der Waals surface area contributed by atoms with Gasteiger partial charge in [-0.05, 0) is 35.1 Å². The number of hydrogen-bond acceptors (Lipinski definition) is 4. The molecule has 2 aromatic rings. The number of benzene rings is 1. The van der Waals surface area contributed by atoms with Gasteiger partial charge in [-0.1, -0.05) is 18.2 Å². The second-order valence-electron chi connectivity index (χ2n) is 4.51. The van der Waals surface area contributed by atoms with Crippen LogP contribution in [-0.4, -0.2) is 19.3 Å². The number of fused-ring (bicyclic) bond motifs is 1. The first-order chi connectivity index (χ1) is 9.09. The van der Waals surface area contributed by atoms with Crippen LogP contribution >= 0.6 is 11.3 Å². The molecule has 2 heterocycles. The van der Waals surface area contributed by atoms with Crippen LogP contribution in [0.5, 0.6) is 0 Å². The van der Waals surface area contributed by atoms with Crippen molar-refractivity contribution in [2.75, 3.05) is 12.3 Å². The molecule has 0 atom stereocenters. The van der Waals surface area contributed by atoms with Crippen LogP contribution in [0.3, 0.4) is 0 Å². The van der Waals surface area contributed by atoms with Crippen molar-refractivity contribution in [3.63, 3.8) is 0 Å². The van der Waals surface area contributed by atoms with Crippen LogP contribution in [-0.2, 0) is 23.0 Å². The summed E-state index contributed by atoms with van der Waals surface area (Å²) >= 11 is 1.25. The summed E-state index contributed by atoms with van der Waals surface area (Å²) in [6.07, 6.45) is 0.713. The molecule has 0 spiro atoms. The number of anilines is 1. The van der Waals surface area contributed by atoms with Crippen molar-refractivity contribution in [2.45, 2.75) is 17.2 Å². The largest absolute Gasteiger partial charge is 0.398 e. The van der Waals surface area contributed by atoms with Gasteiger partial charge in [0.25, 0.3) is 10.0 Å². The van der Waals surface area contributed by atoms with Crippen molar-refractivity contribution in [1.82, 2.24) is 4.31 Å². The number of nitrogens with two attached hydrogens (primary N) is 1. The minimum absolute atomic E-state index is 0.363. The summed E-state index contributed by atoms with van der Waals surface area (Å²) in [5.74, 6) is 0. The number of sulfonamides is 1. The normalized spacial score (nSPS) is 16.2. The highest BCUT2D eigenvalue weighted by Gasteiger charge is 2.29. The first-order valence-corrected chi connectivity index (χ1v) is 8.31. The Labute approximate surface area is 116 Å².